The van der Waals surface area contributed by atoms with Gasteiger partial charge < -0.3 is 5.73 Å². The van der Waals surface area contributed by atoms with Gasteiger partial charge in [-0.15, -0.1) is 15.3 Å². The van der Waals surface area contributed by atoms with Crippen LogP contribution in [-0.2, 0) is 4.79 Å². The number of rotatable bonds is 6. The largest absolute Gasteiger partial charge is 0.368 e. The molecule has 7 nitrogen and oxygen atoms in total. The predicted octanol–water partition coefficient (Wildman–Crippen LogP) is 3.39. The second-order valence-corrected chi connectivity index (χ2v) is 8.01. The highest BCUT2D eigenvalue weighted by Gasteiger charge is 2.32. The Morgan fingerprint density at radius 3 is 2.48 bits per heavy atom. The Balaban J connectivity index is 1.57. The second kappa shape index (κ2) is 7.00. The molecule has 0 radical (unpaired) electrons. The van der Waals surface area contributed by atoms with Crippen LogP contribution in [0.15, 0.2) is 59.8 Å². The summed E-state index contributed by atoms with van der Waals surface area (Å²) in [6.07, 6.45) is 2.14. The standard InChI is InChI=1S/C20H17FN6OS/c21-14-8-6-12(7-9-14)16(17(22)28)29-20-24-23-19-26(15-10-11-15)18(25-27(19)20)13-4-2-1-3-5-13/h1-9,15-16H,10-11H2,(H2,22,28)/t16-/m0/s1. The predicted molar refractivity (Wildman–Crippen MR) is 107 cm³/mol. The highest BCUT2D eigenvalue weighted by atomic mass is 32.2. The number of hydrogen-bond acceptors (Lipinski definition) is 5. The van der Waals surface area contributed by atoms with Gasteiger partial charge in [-0.25, -0.2) is 4.39 Å². The van der Waals surface area contributed by atoms with Crippen molar-refractivity contribution in [2.75, 3.05) is 0 Å². The first-order chi connectivity index (χ1) is 14.1. The van der Waals surface area contributed by atoms with Crippen LogP contribution >= 0.6 is 11.8 Å². The van der Waals surface area contributed by atoms with Crippen LogP contribution in [-0.4, -0.2) is 30.3 Å². The minimum Gasteiger partial charge on any atom is -0.368 e. The first kappa shape index (κ1) is 17.9. The molecule has 1 aliphatic rings. The van der Waals surface area contributed by atoms with E-state index in [2.05, 4.69) is 14.8 Å². The first-order valence-electron chi connectivity index (χ1n) is 9.22. The maximum absolute atomic E-state index is 13.3. The van der Waals surface area contributed by atoms with Gasteiger partial charge in [-0.1, -0.05) is 54.2 Å². The monoisotopic (exact) mass is 408 g/mol. The van der Waals surface area contributed by atoms with Gasteiger partial charge >= 0.3 is 0 Å². The summed E-state index contributed by atoms with van der Waals surface area (Å²) in [5, 5.41) is 13.0. The highest BCUT2D eigenvalue weighted by molar-refractivity contribution is 8.00. The lowest BCUT2D eigenvalue weighted by Gasteiger charge is -2.11. The van der Waals surface area contributed by atoms with Crippen molar-refractivity contribution in [3.8, 4) is 11.4 Å². The molecule has 2 N–H and O–H groups in total. The lowest BCUT2D eigenvalue weighted by molar-refractivity contribution is -0.117. The van der Waals surface area contributed by atoms with Crippen molar-refractivity contribution in [2.45, 2.75) is 29.3 Å². The van der Waals surface area contributed by atoms with E-state index in [9.17, 15) is 9.18 Å². The SMILES string of the molecule is NC(=O)[C@@H](Sc1nnc2n(C3CC3)c(-c3ccccc3)nn12)c1ccc(F)cc1. The number of primary amides is 1. The lowest BCUT2D eigenvalue weighted by Crippen LogP contribution is -2.19. The zero-order valence-corrected chi connectivity index (χ0v) is 16.1. The number of aromatic nitrogens is 5. The Morgan fingerprint density at radius 1 is 1.10 bits per heavy atom. The third kappa shape index (κ3) is 3.27. The molecule has 5 rings (SSSR count). The van der Waals surface area contributed by atoms with Gasteiger partial charge in [0.05, 0.1) is 0 Å². The minimum atomic E-state index is -0.728. The second-order valence-electron chi connectivity index (χ2n) is 6.94. The zero-order valence-electron chi connectivity index (χ0n) is 15.3. The molecule has 1 saturated carbocycles. The molecule has 146 valence electrons. The number of thioether (sulfide) groups is 1. The number of hydrogen-bond donors (Lipinski definition) is 1. The molecule has 2 aromatic heterocycles. The molecule has 9 heteroatoms. The quantitative estimate of drug-likeness (QED) is 0.494. The molecule has 1 aliphatic carbocycles. The highest BCUT2D eigenvalue weighted by Crippen LogP contribution is 2.41. The minimum absolute atomic E-state index is 0.348. The number of carbonyl (C=O) groups is 1. The number of carbonyl (C=O) groups excluding carboxylic acids is 1. The average molecular weight is 408 g/mol. The number of amides is 1. The van der Waals surface area contributed by atoms with E-state index >= 15 is 0 Å². The lowest BCUT2D eigenvalue weighted by atomic mass is 10.1. The molecule has 0 aliphatic heterocycles. The van der Waals surface area contributed by atoms with Crippen molar-refractivity contribution < 1.29 is 9.18 Å². The van der Waals surface area contributed by atoms with E-state index in [-0.39, 0.29) is 5.82 Å². The van der Waals surface area contributed by atoms with Gasteiger partial charge in [-0.3, -0.25) is 9.36 Å². The zero-order chi connectivity index (χ0) is 20.0. The fourth-order valence-electron chi connectivity index (χ4n) is 3.29. The maximum Gasteiger partial charge on any atom is 0.255 e. The summed E-state index contributed by atoms with van der Waals surface area (Å²) in [4.78, 5) is 12.1. The van der Waals surface area contributed by atoms with Crippen molar-refractivity contribution >= 4 is 23.4 Å². The molecule has 1 atom stereocenters. The van der Waals surface area contributed by atoms with E-state index in [4.69, 9.17) is 10.8 Å². The van der Waals surface area contributed by atoms with Crippen LogP contribution in [0.4, 0.5) is 4.39 Å². The summed E-state index contributed by atoms with van der Waals surface area (Å²) in [5.74, 6) is 0.541. The van der Waals surface area contributed by atoms with E-state index in [1.165, 1.54) is 12.1 Å². The summed E-state index contributed by atoms with van der Waals surface area (Å²) in [6.45, 7) is 0. The number of benzene rings is 2. The van der Waals surface area contributed by atoms with Crippen LogP contribution in [0.1, 0.15) is 29.7 Å². The first-order valence-corrected chi connectivity index (χ1v) is 10.1. The molecular formula is C20H17FN6OS. The summed E-state index contributed by atoms with van der Waals surface area (Å²) in [6, 6.07) is 16.0. The third-order valence-corrected chi connectivity index (χ3v) is 6.04. The summed E-state index contributed by atoms with van der Waals surface area (Å²) in [7, 11) is 0. The topological polar surface area (TPSA) is 91.1 Å². The molecule has 1 fully saturated rings. The number of nitrogens with zero attached hydrogens (tertiary/aromatic N) is 5. The molecule has 1 amide bonds. The fourth-order valence-corrected chi connectivity index (χ4v) is 4.22. The Bertz CT molecular complexity index is 1180. The van der Waals surface area contributed by atoms with Crippen molar-refractivity contribution in [1.29, 1.82) is 0 Å². The van der Waals surface area contributed by atoms with Crippen molar-refractivity contribution in [3.05, 3.63) is 66.0 Å². The van der Waals surface area contributed by atoms with Crippen LogP contribution in [0.25, 0.3) is 17.2 Å². The normalized spacial score (nSPS) is 14.9. The molecule has 29 heavy (non-hydrogen) atoms. The molecular weight excluding hydrogens is 391 g/mol. The molecule has 0 unspecified atom stereocenters. The van der Waals surface area contributed by atoms with Gasteiger partial charge in [0.25, 0.3) is 5.78 Å². The van der Waals surface area contributed by atoms with Gasteiger partial charge in [0, 0.05) is 11.6 Å². The van der Waals surface area contributed by atoms with E-state index in [0.29, 0.717) is 22.5 Å². The molecule has 0 saturated heterocycles. The smallest absolute Gasteiger partial charge is 0.255 e. The van der Waals surface area contributed by atoms with Crippen molar-refractivity contribution in [3.63, 3.8) is 0 Å². The number of nitrogens with two attached hydrogens (primary N) is 1. The molecule has 2 aromatic carbocycles. The van der Waals surface area contributed by atoms with Crippen LogP contribution < -0.4 is 5.73 Å². The molecule has 0 spiro atoms. The van der Waals surface area contributed by atoms with Crippen molar-refractivity contribution in [1.82, 2.24) is 24.4 Å². The maximum atomic E-state index is 13.3. The van der Waals surface area contributed by atoms with Gasteiger partial charge in [-0.05, 0) is 30.5 Å². The average Bonchev–Trinajstić information content (AvgIpc) is 3.38. The molecule has 2 heterocycles. The van der Waals surface area contributed by atoms with Crippen LogP contribution in [0.3, 0.4) is 0 Å². The van der Waals surface area contributed by atoms with Crippen LogP contribution in [0.5, 0.6) is 0 Å². The molecule has 4 aromatic rings. The van der Waals surface area contributed by atoms with Crippen molar-refractivity contribution in [2.24, 2.45) is 5.73 Å². The number of fused-ring (bicyclic) bond motifs is 1. The summed E-state index contributed by atoms with van der Waals surface area (Å²) >= 11 is 1.16. The van der Waals surface area contributed by atoms with E-state index in [0.717, 1.165) is 36.0 Å². The van der Waals surface area contributed by atoms with Gasteiger partial charge in [0.15, 0.2) is 5.82 Å². The Labute approximate surface area is 169 Å². The molecule has 0 bridgehead atoms. The van der Waals surface area contributed by atoms with Gasteiger partial charge in [0.2, 0.25) is 11.1 Å². The summed E-state index contributed by atoms with van der Waals surface area (Å²) < 4.78 is 17.0. The van der Waals surface area contributed by atoms with Crippen LogP contribution in [0, 0.1) is 5.82 Å². The number of halogens is 1. The summed E-state index contributed by atoms with van der Waals surface area (Å²) in [5.41, 5.74) is 7.21. The Hall–Kier alpha value is -3.20. The van der Waals surface area contributed by atoms with Crippen LogP contribution in [0.2, 0.25) is 0 Å². The fraction of sp³-hybridized carbons (Fsp3) is 0.200. The van der Waals surface area contributed by atoms with E-state index < -0.39 is 11.2 Å². The Morgan fingerprint density at radius 2 is 1.83 bits per heavy atom. The van der Waals surface area contributed by atoms with Gasteiger partial charge in [-0.2, -0.15) is 4.52 Å². The third-order valence-electron chi connectivity index (χ3n) is 4.83. The Kier molecular flexibility index (Phi) is 4.31. The van der Waals surface area contributed by atoms with E-state index in [1.54, 1.807) is 16.6 Å². The van der Waals surface area contributed by atoms with E-state index in [1.807, 2.05) is 30.3 Å². The van der Waals surface area contributed by atoms with Gasteiger partial charge in [0.1, 0.15) is 11.1 Å².